The maximum Gasteiger partial charge on any atom is 0.321 e. The lowest BCUT2D eigenvalue weighted by atomic mass is 9.98. The normalized spacial score (nSPS) is 15.8. The van der Waals surface area contributed by atoms with Crippen molar-refractivity contribution in [2.75, 3.05) is 18.4 Å². The molecule has 0 unspecified atom stereocenters. The van der Waals surface area contributed by atoms with Gasteiger partial charge in [0.25, 0.3) is 0 Å². The Morgan fingerprint density at radius 2 is 2.18 bits per heavy atom. The zero-order valence-corrected chi connectivity index (χ0v) is 14.0. The van der Waals surface area contributed by atoms with Gasteiger partial charge in [-0.15, -0.1) is 11.3 Å². The van der Waals surface area contributed by atoms with Crippen LogP contribution in [0.2, 0.25) is 5.02 Å². The van der Waals surface area contributed by atoms with Crippen LogP contribution in [0.15, 0.2) is 29.8 Å². The number of aryl methyl sites for hydroxylation is 1. The molecule has 0 saturated carbocycles. The fraction of sp³-hybridized carbons (Fsp3) is 0.375. The minimum Gasteiger partial charge on any atom is -0.324 e. The molecule has 0 bridgehead atoms. The Labute approximate surface area is 139 Å². The van der Waals surface area contributed by atoms with Crippen molar-refractivity contribution in [1.29, 1.82) is 0 Å². The molecule has 22 heavy (non-hydrogen) atoms. The van der Waals surface area contributed by atoms with Crippen molar-refractivity contribution in [3.63, 3.8) is 0 Å². The number of thiazole rings is 1. The summed E-state index contributed by atoms with van der Waals surface area (Å²) >= 11 is 7.86. The van der Waals surface area contributed by atoms with Gasteiger partial charge in [-0.3, -0.25) is 0 Å². The van der Waals surface area contributed by atoms with E-state index in [2.05, 4.69) is 10.3 Å². The number of hydrogen-bond donors (Lipinski definition) is 1. The summed E-state index contributed by atoms with van der Waals surface area (Å²) in [6.45, 7) is 3.44. The number of hydrogen-bond acceptors (Lipinski definition) is 3. The van der Waals surface area contributed by atoms with Gasteiger partial charge in [0.2, 0.25) is 0 Å². The summed E-state index contributed by atoms with van der Waals surface area (Å²) in [7, 11) is 0. The SMILES string of the molecule is Cc1cccc(Cl)c1NC(=O)N1CCC(c2nccs2)CC1. The van der Waals surface area contributed by atoms with Gasteiger partial charge in [-0.05, 0) is 31.4 Å². The van der Waals surface area contributed by atoms with Gasteiger partial charge >= 0.3 is 6.03 Å². The number of aromatic nitrogens is 1. The van der Waals surface area contributed by atoms with Crippen LogP contribution in [-0.4, -0.2) is 29.0 Å². The second kappa shape index (κ2) is 6.67. The first-order chi connectivity index (χ1) is 10.6. The van der Waals surface area contributed by atoms with E-state index in [0.29, 0.717) is 16.6 Å². The molecule has 2 aromatic rings. The minimum atomic E-state index is -0.0752. The minimum absolute atomic E-state index is 0.0752. The molecule has 2 amide bonds. The molecule has 4 nitrogen and oxygen atoms in total. The standard InChI is InChI=1S/C16H18ClN3OS/c1-11-3-2-4-13(17)14(11)19-16(21)20-8-5-12(6-9-20)15-18-7-10-22-15/h2-4,7,10,12H,5-6,8-9H2,1H3,(H,19,21). The Morgan fingerprint density at radius 1 is 1.41 bits per heavy atom. The Morgan fingerprint density at radius 3 is 2.82 bits per heavy atom. The lowest BCUT2D eigenvalue weighted by molar-refractivity contribution is 0.194. The zero-order chi connectivity index (χ0) is 15.5. The summed E-state index contributed by atoms with van der Waals surface area (Å²) < 4.78 is 0. The van der Waals surface area contributed by atoms with Gasteiger partial charge in [-0.2, -0.15) is 0 Å². The molecule has 1 aromatic carbocycles. The van der Waals surface area contributed by atoms with Crippen LogP contribution in [0.1, 0.15) is 29.3 Å². The number of urea groups is 1. The van der Waals surface area contributed by atoms with Gasteiger partial charge in [0.1, 0.15) is 0 Å². The highest BCUT2D eigenvalue weighted by atomic mass is 35.5. The van der Waals surface area contributed by atoms with Crippen LogP contribution in [0.3, 0.4) is 0 Å². The Hall–Kier alpha value is -1.59. The van der Waals surface area contributed by atoms with E-state index in [-0.39, 0.29) is 6.03 Å². The van der Waals surface area contributed by atoms with Crippen LogP contribution < -0.4 is 5.32 Å². The largest absolute Gasteiger partial charge is 0.324 e. The van der Waals surface area contributed by atoms with Gasteiger partial charge < -0.3 is 10.2 Å². The topological polar surface area (TPSA) is 45.2 Å². The number of rotatable bonds is 2. The number of benzene rings is 1. The maximum atomic E-state index is 12.4. The molecule has 1 aromatic heterocycles. The van der Waals surface area contributed by atoms with Crippen molar-refractivity contribution < 1.29 is 4.79 Å². The summed E-state index contributed by atoms with van der Waals surface area (Å²) in [4.78, 5) is 18.6. The summed E-state index contributed by atoms with van der Waals surface area (Å²) in [5, 5.41) is 6.71. The van der Waals surface area contributed by atoms with E-state index >= 15 is 0 Å². The predicted molar refractivity (Wildman–Crippen MR) is 90.9 cm³/mol. The van der Waals surface area contributed by atoms with Gasteiger partial charge in [0.15, 0.2) is 0 Å². The highest BCUT2D eigenvalue weighted by molar-refractivity contribution is 7.09. The van der Waals surface area contributed by atoms with Gasteiger partial charge in [0.05, 0.1) is 15.7 Å². The first kappa shape index (κ1) is 15.3. The van der Waals surface area contributed by atoms with E-state index in [1.807, 2.05) is 35.5 Å². The number of anilines is 1. The number of para-hydroxylation sites is 1. The maximum absolute atomic E-state index is 12.4. The first-order valence-electron chi connectivity index (χ1n) is 7.35. The number of likely N-dealkylation sites (tertiary alicyclic amines) is 1. The number of amides is 2. The van der Waals surface area contributed by atoms with Crippen LogP contribution in [0, 0.1) is 6.92 Å². The zero-order valence-electron chi connectivity index (χ0n) is 12.4. The molecule has 116 valence electrons. The van der Waals surface area contributed by atoms with Crippen LogP contribution >= 0.6 is 22.9 Å². The third kappa shape index (κ3) is 3.25. The number of carbonyl (C=O) groups is 1. The smallest absolute Gasteiger partial charge is 0.321 e. The molecule has 1 aliphatic heterocycles. The highest BCUT2D eigenvalue weighted by Crippen LogP contribution is 2.30. The Kier molecular flexibility index (Phi) is 4.64. The van der Waals surface area contributed by atoms with Gasteiger partial charge in [-0.25, -0.2) is 9.78 Å². The first-order valence-corrected chi connectivity index (χ1v) is 8.61. The van der Waals surface area contributed by atoms with Crippen molar-refractivity contribution in [3.05, 3.63) is 45.4 Å². The average molecular weight is 336 g/mol. The monoisotopic (exact) mass is 335 g/mol. The Bertz CT molecular complexity index is 631. The molecule has 0 spiro atoms. The number of nitrogens with one attached hydrogen (secondary N) is 1. The number of piperidine rings is 1. The van der Waals surface area contributed by atoms with Crippen molar-refractivity contribution in [2.24, 2.45) is 0 Å². The molecule has 1 fully saturated rings. The summed E-state index contributed by atoms with van der Waals surface area (Å²) in [5.41, 5.74) is 1.68. The molecule has 6 heteroatoms. The highest BCUT2D eigenvalue weighted by Gasteiger charge is 2.25. The van der Waals surface area contributed by atoms with E-state index < -0.39 is 0 Å². The molecule has 2 heterocycles. The summed E-state index contributed by atoms with van der Waals surface area (Å²) in [6, 6.07) is 5.54. The average Bonchev–Trinajstić information content (AvgIpc) is 3.05. The molecule has 0 atom stereocenters. The van der Waals surface area contributed by atoms with E-state index in [1.165, 1.54) is 5.01 Å². The molecule has 0 aliphatic carbocycles. The van der Waals surface area contributed by atoms with Crippen molar-refractivity contribution >= 4 is 34.7 Å². The molecule has 0 radical (unpaired) electrons. The Balaban J connectivity index is 1.60. The van der Waals surface area contributed by atoms with E-state index in [4.69, 9.17) is 11.6 Å². The molecule has 1 aliphatic rings. The summed E-state index contributed by atoms with van der Waals surface area (Å²) in [6.07, 6.45) is 3.77. The second-order valence-electron chi connectivity index (χ2n) is 5.49. The van der Waals surface area contributed by atoms with E-state index in [9.17, 15) is 4.79 Å². The lowest BCUT2D eigenvalue weighted by Gasteiger charge is -2.31. The molecule has 1 N–H and O–H groups in total. The molecule has 1 saturated heterocycles. The van der Waals surface area contributed by atoms with Crippen LogP contribution in [0.5, 0.6) is 0 Å². The summed E-state index contributed by atoms with van der Waals surface area (Å²) in [5.74, 6) is 0.478. The van der Waals surface area contributed by atoms with E-state index in [1.54, 1.807) is 17.4 Å². The third-order valence-corrected chi connectivity index (χ3v) is 5.29. The quantitative estimate of drug-likeness (QED) is 0.877. The molecular formula is C16H18ClN3OS. The molecule has 3 rings (SSSR count). The third-order valence-electron chi connectivity index (χ3n) is 4.04. The molecular weight excluding hydrogens is 318 g/mol. The van der Waals surface area contributed by atoms with Gasteiger partial charge in [0, 0.05) is 30.6 Å². The lowest BCUT2D eigenvalue weighted by Crippen LogP contribution is -2.40. The van der Waals surface area contributed by atoms with Gasteiger partial charge in [-0.1, -0.05) is 23.7 Å². The predicted octanol–water partition coefficient (Wildman–Crippen LogP) is 4.52. The van der Waals surface area contributed by atoms with Crippen molar-refractivity contribution in [2.45, 2.75) is 25.7 Å². The number of carbonyl (C=O) groups excluding carboxylic acids is 1. The fourth-order valence-corrected chi connectivity index (χ4v) is 3.82. The van der Waals surface area contributed by atoms with Crippen LogP contribution in [0.4, 0.5) is 10.5 Å². The van der Waals surface area contributed by atoms with Crippen LogP contribution in [-0.2, 0) is 0 Å². The number of halogens is 1. The number of nitrogens with zero attached hydrogens (tertiary/aromatic N) is 2. The fourth-order valence-electron chi connectivity index (χ4n) is 2.74. The van der Waals surface area contributed by atoms with Crippen molar-refractivity contribution in [1.82, 2.24) is 9.88 Å². The van der Waals surface area contributed by atoms with Crippen LogP contribution in [0.25, 0.3) is 0 Å². The van der Waals surface area contributed by atoms with E-state index in [0.717, 1.165) is 31.5 Å². The van der Waals surface area contributed by atoms with Crippen molar-refractivity contribution in [3.8, 4) is 0 Å². The second-order valence-corrected chi connectivity index (χ2v) is 6.83.